The molecule has 78 valence electrons. The topological polar surface area (TPSA) is 55.1 Å². The number of rotatable bonds is 4. The Balaban J connectivity index is 4.18. The molecule has 0 aliphatic rings. The van der Waals surface area contributed by atoms with Gasteiger partial charge in [-0.15, -0.1) is 0 Å². The van der Waals surface area contributed by atoms with Crippen LogP contribution in [0.25, 0.3) is 0 Å². The van der Waals surface area contributed by atoms with Crippen LogP contribution < -0.4 is 11.1 Å². The third-order valence-electron chi connectivity index (χ3n) is 2.15. The van der Waals surface area contributed by atoms with E-state index in [1.165, 1.54) is 0 Å². The molecule has 0 bridgehead atoms. The Labute approximate surface area is 81.1 Å². The zero-order valence-corrected chi connectivity index (χ0v) is 9.35. The summed E-state index contributed by atoms with van der Waals surface area (Å²) in [5.74, 6) is 0.379. The molecule has 0 radical (unpaired) electrons. The van der Waals surface area contributed by atoms with Gasteiger partial charge in [0.25, 0.3) is 0 Å². The standard InChI is InChI=1S/C10H22N2O/c1-6-8(7(2)3)12-9(13)10(4,5)11/h7-8H,6,11H2,1-5H3,(H,12,13). The fourth-order valence-electron chi connectivity index (χ4n) is 1.09. The van der Waals surface area contributed by atoms with Crippen LogP contribution in [0, 0.1) is 5.92 Å². The van der Waals surface area contributed by atoms with Crippen LogP contribution in [0.15, 0.2) is 0 Å². The van der Waals surface area contributed by atoms with Crippen molar-refractivity contribution in [3.63, 3.8) is 0 Å². The molecule has 3 heteroatoms. The molecule has 0 aromatic heterocycles. The number of hydrogen-bond acceptors (Lipinski definition) is 2. The van der Waals surface area contributed by atoms with Crippen molar-refractivity contribution in [1.82, 2.24) is 5.32 Å². The Morgan fingerprint density at radius 1 is 1.46 bits per heavy atom. The highest BCUT2D eigenvalue weighted by Gasteiger charge is 2.24. The van der Waals surface area contributed by atoms with Gasteiger partial charge in [0.15, 0.2) is 0 Å². The second-order valence-corrected chi connectivity index (χ2v) is 4.45. The minimum Gasteiger partial charge on any atom is -0.352 e. The second kappa shape index (κ2) is 4.61. The van der Waals surface area contributed by atoms with Gasteiger partial charge in [0.05, 0.1) is 5.54 Å². The number of nitrogens with two attached hydrogens (primary N) is 1. The van der Waals surface area contributed by atoms with E-state index in [1.54, 1.807) is 13.8 Å². The summed E-state index contributed by atoms with van der Waals surface area (Å²) < 4.78 is 0. The minimum atomic E-state index is -0.775. The van der Waals surface area contributed by atoms with Crippen LogP contribution in [-0.2, 0) is 4.79 Å². The SMILES string of the molecule is CCC(NC(=O)C(C)(C)N)C(C)C. The Hall–Kier alpha value is -0.570. The molecule has 1 unspecified atom stereocenters. The summed E-state index contributed by atoms with van der Waals surface area (Å²) in [5.41, 5.74) is 4.89. The molecule has 0 aromatic carbocycles. The molecular weight excluding hydrogens is 164 g/mol. The Morgan fingerprint density at radius 3 is 2.15 bits per heavy atom. The van der Waals surface area contributed by atoms with E-state index >= 15 is 0 Å². The lowest BCUT2D eigenvalue weighted by atomic mass is 9.99. The number of carbonyl (C=O) groups excluding carboxylic acids is 1. The molecule has 0 aromatic rings. The van der Waals surface area contributed by atoms with Crippen molar-refractivity contribution < 1.29 is 4.79 Å². The van der Waals surface area contributed by atoms with Crippen LogP contribution in [0.4, 0.5) is 0 Å². The first-order chi connectivity index (χ1) is 5.79. The average Bonchev–Trinajstić information content (AvgIpc) is 1.96. The van der Waals surface area contributed by atoms with Gasteiger partial charge in [0, 0.05) is 6.04 Å². The van der Waals surface area contributed by atoms with E-state index in [0.29, 0.717) is 5.92 Å². The van der Waals surface area contributed by atoms with Crippen LogP contribution >= 0.6 is 0 Å². The Morgan fingerprint density at radius 2 is 1.92 bits per heavy atom. The molecular formula is C10H22N2O. The van der Waals surface area contributed by atoms with Crippen molar-refractivity contribution >= 4 is 5.91 Å². The summed E-state index contributed by atoms with van der Waals surface area (Å²) >= 11 is 0. The van der Waals surface area contributed by atoms with Gasteiger partial charge in [-0.25, -0.2) is 0 Å². The van der Waals surface area contributed by atoms with Gasteiger partial charge in [-0.3, -0.25) is 4.79 Å². The number of hydrogen-bond donors (Lipinski definition) is 2. The van der Waals surface area contributed by atoms with Crippen molar-refractivity contribution in [3.8, 4) is 0 Å². The van der Waals surface area contributed by atoms with E-state index in [1.807, 2.05) is 0 Å². The molecule has 3 N–H and O–H groups in total. The third kappa shape index (κ3) is 4.27. The van der Waals surface area contributed by atoms with Gasteiger partial charge in [-0.05, 0) is 26.2 Å². The number of carbonyl (C=O) groups is 1. The zero-order valence-electron chi connectivity index (χ0n) is 9.35. The Bertz CT molecular complexity index is 170. The van der Waals surface area contributed by atoms with E-state index in [-0.39, 0.29) is 11.9 Å². The van der Waals surface area contributed by atoms with E-state index in [0.717, 1.165) is 6.42 Å². The number of nitrogens with one attached hydrogen (secondary N) is 1. The zero-order chi connectivity index (χ0) is 10.6. The smallest absolute Gasteiger partial charge is 0.239 e. The van der Waals surface area contributed by atoms with Crippen LogP contribution in [-0.4, -0.2) is 17.5 Å². The molecule has 0 fully saturated rings. The lowest BCUT2D eigenvalue weighted by molar-refractivity contribution is -0.126. The summed E-state index contributed by atoms with van der Waals surface area (Å²) in [7, 11) is 0. The molecule has 0 rings (SSSR count). The average molecular weight is 186 g/mol. The van der Waals surface area contributed by atoms with Crippen molar-refractivity contribution in [1.29, 1.82) is 0 Å². The maximum Gasteiger partial charge on any atom is 0.239 e. The van der Waals surface area contributed by atoms with Gasteiger partial charge in [0.1, 0.15) is 0 Å². The summed E-state index contributed by atoms with van der Waals surface area (Å²) in [5, 5.41) is 2.94. The van der Waals surface area contributed by atoms with E-state index in [2.05, 4.69) is 26.1 Å². The van der Waals surface area contributed by atoms with Crippen molar-refractivity contribution in [3.05, 3.63) is 0 Å². The molecule has 0 heterocycles. The first-order valence-corrected chi connectivity index (χ1v) is 4.88. The van der Waals surface area contributed by atoms with Crippen LogP contribution in [0.3, 0.4) is 0 Å². The molecule has 3 nitrogen and oxygen atoms in total. The van der Waals surface area contributed by atoms with E-state index in [9.17, 15) is 4.79 Å². The van der Waals surface area contributed by atoms with Crippen molar-refractivity contribution in [2.75, 3.05) is 0 Å². The first kappa shape index (κ1) is 12.4. The predicted octanol–water partition coefficient (Wildman–Crippen LogP) is 1.27. The molecule has 0 aliphatic heterocycles. The third-order valence-corrected chi connectivity index (χ3v) is 2.15. The van der Waals surface area contributed by atoms with Crippen molar-refractivity contribution in [2.45, 2.75) is 52.6 Å². The van der Waals surface area contributed by atoms with Crippen LogP contribution in [0.1, 0.15) is 41.0 Å². The molecule has 1 amide bonds. The summed E-state index contributed by atoms with van der Waals surface area (Å²) in [6.07, 6.45) is 0.944. The van der Waals surface area contributed by atoms with Gasteiger partial charge in [-0.1, -0.05) is 20.8 Å². The summed E-state index contributed by atoms with van der Waals surface area (Å²) in [6.45, 7) is 9.69. The maximum atomic E-state index is 11.5. The van der Waals surface area contributed by atoms with Gasteiger partial charge < -0.3 is 11.1 Å². The monoisotopic (exact) mass is 186 g/mol. The summed E-state index contributed by atoms with van der Waals surface area (Å²) in [4.78, 5) is 11.5. The molecule has 0 saturated carbocycles. The highest BCUT2D eigenvalue weighted by Crippen LogP contribution is 2.07. The minimum absolute atomic E-state index is 0.0759. The highest BCUT2D eigenvalue weighted by molar-refractivity contribution is 5.85. The Kier molecular flexibility index (Phi) is 4.40. The molecule has 0 spiro atoms. The first-order valence-electron chi connectivity index (χ1n) is 4.88. The van der Waals surface area contributed by atoms with Crippen LogP contribution in [0.2, 0.25) is 0 Å². The predicted molar refractivity (Wildman–Crippen MR) is 55.3 cm³/mol. The van der Waals surface area contributed by atoms with Gasteiger partial charge >= 0.3 is 0 Å². The van der Waals surface area contributed by atoms with Crippen LogP contribution in [0.5, 0.6) is 0 Å². The maximum absolute atomic E-state index is 11.5. The number of amides is 1. The highest BCUT2D eigenvalue weighted by atomic mass is 16.2. The fourth-order valence-corrected chi connectivity index (χ4v) is 1.09. The van der Waals surface area contributed by atoms with Crippen molar-refractivity contribution in [2.24, 2.45) is 11.7 Å². The molecule has 0 aliphatic carbocycles. The van der Waals surface area contributed by atoms with E-state index in [4.69, 9.17) is 5.73 Å². The molecule has 0 saturated heterocycles. The molecule has 13 heavy (non-hydrogen) atoms. The fraction of sp³-hybridized carbons (Fsp3) is 0.900. The molecule has 1 atom stereocenters. The quantitative estimate of drug-likeness (QED) is 0.694. The lowest BCUT2D eigenvalue weighted by Gasteiger charge is -2.25. The largest absolute Gasteiger partial charge is 0.352 e. The van der Waals surface area contributed by atoms with Gasteiger partial charge in [0.2, 0.25) is 5.91 Å². The summed E-state index contributed by atoms with van der Waals surface area (Å²) in [6, 6.07) is 0.232. The normalized spacial score (nSPS) is 14.4. The van der Waals surface area contributed by atoms with E-state index < -0.39 is 5.54 Å². The van der Waals surface area contributed by atoms with Gasteiger partial charge in [-0.2, -0.15) is 0 Å². The lowest BCUT2D eigenvalue weighted by Crippen LogP contribution is -2.53. The second-order valence-electron chi connectivity index (χ2n) is 4.45.